The summed E-state index contributed by atoms with van der Waals surface area (Å²) in [4.78, 5) is 2.47. The van der Waals surface area contributed by atoms with Gasteiger partial charge in [0.15, 0.2) is 0 Å². The first-order valence-electron chi connectivity index (χ1n) is 14.8. The van der Waals surface area contributed by atoms with Crippen molar-refractivity contribution in [1.82, 2.24) is 0 Å². The second-order valence-electron chi connectivity index (χ2n) is 11.3. The summed E-state index contributed by atoms with van der Waals surface area (Å²) in [5, 5.41) is 7.94. The second-order valence-corrected chi connectivity index (χ2v) is 13.4. The third-order valence-electron chi connectivity index (χ3n) is 8.78. The Balaban J connectivity index is 1.28. The minimum absolute atomic E-state index is 0.342. The molecule has 1 aliphatic rings. The van der Waals surface area contributed by atoms with Crippen LogP contribution in [0.2, 0.25) is 0 Å². The fourth-order valence-electron chi connectivity index (χ4n) is 6.78. The molecule has 204 valence electrons. The Morgan fingerprint density at radius 1 is 0.535 bits per heavy atom. The van der Waals surface area contributed by atoms with Crippen LogP contribution in [0.15, 0.2) is 146 Å². The standard InChI is InChI=1S/C40H27NS2/c1-2-10-26(11-3-1)30-12-4-7-15-35(30)41(29-20-22-33-32-13-5-8-16-36(32)43-39(33)25-29)28-19-21-31-27(24-28)18-23-38-40(31)34-14-6-9-17-37(34)42-38/h1-10,12-26H,11H2. The molecule has 1 atom stereocenters. The van der Waals surface area contributed by atoms with Crippen molar-refractivity contribution in [2.45, 2.75) is 12.3 Å². The number of fused-ring (bicyclic) bond motifs is 8. The summed E-state index contributed by atoms with van der Waals surface area (Å²) in [5.41, 5.74) is 4.94. The van der Waals surface area contributed by atoms with Gasteiger partial charge in [-0.25, -0.2) is 0 Å². The van der Waals surface area contributed by atoms with E-state index in [0.717, 1.165) is 6.42 Å². The SMILES string of the molecule is C1=CCC(c2ccccc2N(c2ccc3c(ccc4sc5ccccc5c43)c2)c2ccc3c(c2)sc2ccccc23)C=C1. The van der Waals surface area contributed by atoms with E-state index in [4.69, 9.17) is 0 Å². The van der Waals surface area contributed by atoms with Crippen LogP contribution in [0.3, 0.4) is 0 Å². The van der Waals surface area contributed by atoms with Crippen LogP contribution in [0, 0.1) is 0 Å². The molecule has 9 rings (SSSR count). The lowest BCUT2D eigenvalue weighted by Crippen LogP contribution is -2.13. The largest absolute Gasteiger partial charge is 0.310 e. The summed E-state index contributed by atoms with van der Waals surface area (Å²) in [6.07, 6.45) is 9.97. The maximum Gasteiger partial charge on any atom is 0.0499 e. The molecule has 0 radical (unpaired) electrons. The highest BCUT2D eigenvalue weighted by Crippen LogP contribution is 2.45. The van der Waals surface area contributed by atoms with E-state index in [9.17, 15) is 0 Å². The van der Waals surface area contributed by atoms with Crippen molar-refractivity contribution >= 4 is 90.9 Å². The fraction of sp³-hybridized carbons (Fsp3) is 0.0500. The number of para-hydroxylation sites is 1. The minimum Gasteiger partial charge on any atom is -0.310 e. The zero-order valence-corrected chi connectivity index (χ0v) is 25.0. The highest BCUT2D eigenvalue weighted by atomic mass is 32.1. The quantitative estimate of drug-likeness (QED) is 0.199. The third kappa shape index (κ3) is 4.04. The van der Waals surface area contributed by atoms with Gasteiger partial charge in [0.05, 0.1) is 0 Å². The summed E-state index contributed by atoms with van der Waals surface area (Å²) in [7, 11) is 0. The highest BCUT2D eigenvalue weighted by Gasteiger charge is 2.21. The van der Waals surface area contributed by atoms with E-state index < -0.39 is 0 Å². The van der Waals surface area contributed by atoms with Crippen LogP contribution in [-0.2, 0) is 0 Å². The van der Waals surface area contributed by atoms with Crippen LogP contribution >= 0.6 is 22.7 Å². The average molecular weight is 586 g/mol. The van der Waals surface area contributed by atoms with Crippen LogP contribution in [0.4, 0.5) is 17.1 Å². The first kappa shape index (κ1) is 24.9. The van der Waals surface area contributed by atoms with Crippen LogP contribution in [-0.4, -0.2) is 0 Å². The Hall–Kier alpha value is -4.70. The molecular weight excluding hydrogens is 559 g/mol. The molecule has 2 heterocycles. The number of rotatable bonds is 4. The predicted molar refractivity (Wildman–Crippen MR) is 190 cm³/mol. The van der Waals surface area contributed by atoms with Gasteiger partial charge < -0.3 is 4.90 Å². The van der Waals surface area contributed by atoms with Crippen molar-refractivity contribution in [2.75, 3.05) is 4.90 Å². The second kappa shape index (κ2) is 9.95. The van der Waals surface area contributed by atoms with Crippen molar-refractivity contribution in [3.05, 3.63) is 151 Å². The smallest absolute Gasteiger partial charge is 0.0499 e. The van der Waals surface area contributed by atoms with Crippen molar-refractivity contribution in [3.8, 4) is 0 Å². The normalized spacial score (nSPS) is 14.9. The predicted octanol–water partition coefficient (Wildman–Crippen LogP) is 12.6. The minimum atomic E-state index is 0.342. The molecule has 0 saturated heterocycles. The van der Waals surface area contributed by atoms with Crippen LogP contribution in [0.25, 0.3) is 51.1 Å². The summed E-state index contributed by atoms with van der Waals surface area (Å²) >= 11 is 3.76. The Morgan fingerprint density at radius 2 is 1.23 bits per heavy atom. The van der Waals surface area contributed by atoms with E-state index in [1.54, 1.807) is 0 Å². The zero-order valence-electron chi connectivity index (χ0n) is 23.4. The number of allylic oxidation sites excluding steroid dienone is 4. The maximum atomic E-state index is 2.47. The average Bonchev–Trinajstić information content (AvgIpc) is 3.64. The molecule has 1 nitrogen and oxygen atoms in total. The molecule has 1 aliphatic carbocycles. The van der Waals surface area contributed by atoms with E-state index in [0.29, 0.717) is 5.92 Å². The number of anilines is 3. The van der Waals surface area contributed by atoms with Gasteiger partial charge in [0, 0.05) is 63.3 Å². The molecule has 2 aromatic heterocycles. The lowest BCUT2D eigenvalue weighted by atomic mass is 9.90. The van der Waals surface area contributed by atoms with Gasteiger partial charge in [-0.15, -0.1) is 22.7 Å². The molecule has 0 aliphatic heterocycles. The molecule has 43 heavy (non-hydrogen) atoms. The van der Waals surface area contributed by atoms with Crippen molar-refractivity contribution in [2.24, 2.45) is 0 Å². The molecule has 1 unspecified atom stereocenters. The monoisotopic (exact) mass is 585 g/mol. The molecule has 0 N–H and O–H groups in total. The molecule has 0 fully saturated rings. The molecule has 0 spiro atoms. The zero-order chi connectivity index (χ0) is 28.3. The molecule has 0 bridgehead atoms. The lowest BCUT2D eigenvalue weighted by Gasteiger charge is -2.30. The highest BCUT2D eigenvalue weighted by molar-refractivity contribution is 7.26. The molecular formula is C40H27NS2. The molecule has 6 aromatic carbocycles. The van der Waals surface area contributed by atoms with E-state index in [2.05, 4.69) is 151 Å². The Labute approximate surface area is 258 Å². The Morgan fingerprint density at radius 3 is 2.09 bits per heavy atom. The fourth-order valence-corrected chi connectivity index (χ4v) is 9.04. The maximum absolute atomic E-state index is 2.47. The summed E-state index contributed by atoms with van der Waals surface area (Å²) in [6, 6.07) is 45.1. The summed E-state index contributed by atoms with van der Waals surface area (Å²) < 4.78 is 5.33. The van der Waals surface area contributed by atoms with Gasteiger partial charge >= 0.3 is 0 Å². The van der Waals surface area contributed by atoms with E-state index in [1.807, 2.05) is 22.7 Å². The van der Waals surface area contributed by atoms with E-state index in [-0.39, 0.29) is 0 Å². The Kier molecular flexibility index (Phi) is 5.75. The summed E-state index contributed by atoms with van der Waals surface area (Å²) in [5.74, 6) is 0.342. The number of benzene rings is 6. The van der Waals surface area contributed by atoms with Crippen LogP contribution in [0.1, 0.15) is 17.9 Å². The lowest BCUT2D eigenvalue weighted by molar-refractivity contribution is 0.852. The Bertz CT molecular complexity index is 2400. The van der Waals surface area contributed by atoms with Gasteiger partial charge in [0.2, 0.25) is 0 Å². The van der Waals surface area contributed by atoms with Gasteiger partial charge in [-0.05, 0) is 71.3 Å². The number of thiophene rings is 2. The molecule has 0 amide bonds. The van der Waals surface area contributed by atoms with Crippen LogP contribution in [0.5, 0.6) is 0 Å². The third-order valence-corrected chi connectivity index (χ3v) is 11.0. The van der Waals surface area contributed by atoms with Gasteiger partial charge in [-0.2, -0.15) is 0 Å². The van der Waals surface area contributed by atoms with Gasteiger partial charge in [-0.3, -0.25) is 0 Å². The number of hydrogen-bond acceptors (Lipinski definition) is 3. The first-order valence-corrected chi connectivity index (χ1v) is 16.4. The van der Waals surface area contributed by atoms with E-state index >= 15 is 0 Å². The van der Waals surface area contributed by atoms with Gasteiger partial charge in [0.1, 0.15) is 0 Å². The summed E-state index contributed by atoms with van der Waals surface area (Å²) in [6.45, 7) is 0. The molecule has 8 aromatic rings. The van der Waals surface area contributed by atoms with Crippen molar-refractivity contribution in [1.29, 1.82) is 0 Å². The van der Waals surface area contributed by atoms with Gasteiger partial charge in [0.25, 0.3) is 0 Å². The molecule has 3 heteroatoms. The van der Waals surface area contributed by atoms with Crippen LogP contribution < -0.4 is 4.90 Å². The first-order chi connectivity index (χ1) is 21.3. The topological polar surface area (TPSA) is 3.24 Å². The van der Waals surface area contributed by atoms with Crippen molar-refractivity contribution < 1.29 is 0 Å². The van der Waals surface area contributed by atoms with Crippen molar-refractivity contribution in [3.63, 3.8) is 0 Å². The molecule has 0 saturated carbocycles. The van der Waals surface area contributed by atoms with Gasteiger partial charge in [-0.1, -0.05) is 97.1 Å². The number of nitrogens with zero attached hydrogens (tertiary/aromatic N) is 1. The van der Waals surface area contributed by atoms with E-state index in [1.165, 1.54) is 73.7 Å². The number of hydrogen-bond donors (Lipinski definition) is 0.